The van der Waals surface area contributed by atoms with E-state index in [1.54, 1.807) is 23.1 Å². The summed E-state index contributed by atoms with van der Waals surface area (Å²) in [6, 6.07) is 12.9. The normalized spacial score (nSPS) is 10.8. The number of halogens is 1. The minimum Gasteiger partial charge on any atom is -0.482 e. The molecule has 0 fully saturated rings. The molecule has 1 N–H and O–H groups in total. The second kappa shape index (κ2) is 9.29. The van der Waals surface area contributed by atoms with Crippen molar-refractivity contribution >= 4 is 50.5 Å². The van der Waals surface area contributed by atoms with Crippen LogP contribution in [-0.2, 0) is 4.79 Å². The average molecular weight is 431 g/mol. The number of aryl methyl sites for hydroxylation is 1. The fraction of sp³-hybridized carbons (Fsp3) is 0.273. The Bertz CT molecular complexity index is 1040. The van der Waals surface area contributed by atoms with Crippen molar-refractivity contribution in [2.45, 2.75) is 20.8 Å². The van der Waals surface area contributed by atoms with Gasteiger partial charge in [0.25, 0.3) is 11.8 Å². The lowest BCUT2D eigenvalue weighted by molar-refractivity contribution is -0.132. The van der Waals surface area contributed by atoms with Crippen LogP contribution in [0.3, 0.4) is 0 Å². The van der Waals surface area contributed by atoms with Crippen molar-refractivity contribution < 1.29 is 14.3 Å². The van der Waals surface area contributed by atoms with Crippen molar-refractivity contribution in [2.75, 3.05) is 25.0 Å². The Kier molecular flexibility index (Phi) is 6.77. The van der Waals surface area contributed by atoms with Crippen molar-refractivity contribution in [3.05, 3.63) is 57.9 Å². The highest BCUT2D eigenvalue weighted by molar-refractivity contribution is 7.21. The van der Waals surface area contributed by atoms with Gasteiger partial charge in [-0.15, -0.1) is 11.3 Å². The number of nitrogens with one attached hydrogen (secondary N) is 1. The van der Waals surface area contributed by atoms with Gasteiger partial charge < -0.3 is 15.0 Å². The Balaban J connectivity index is 1.69. The van der Waals surface area contributed by atoms with E-state index in [1.807, 2.05) is 45.0 Å². The molecule has 7 heteroatoms. The third kappa shape index (κ3) is 4.71. The smallest absolute Gasteiger partial charge is 0.266 e. The fourth-order valence-electron chi connectivity index (χ4n) is 3.08. The summed E-state index contributed by atoms with van der Waals surface area (Å²) in [6.45, 7) is 6.98. The van der Waals surface area contributed by atoms with Crippen LogP contribution < -0.4 is 10.1 Å². The molecular formula is C22H23ClN2O3S. The molecule has 0 unspecified atom stereocenters. The van der Waals surface area contributed by atoms with Gasteiger partial charge in [-0.3, -0.25) is 9.59 Å². The van der Waals surface area contributed by atoms with E-state index >= 15 is 0 Å². The molecule has 3 rings (SSSR count). The Morgan fingerprint density at radius 1 is 1.14 bits per heavy atom. The van der Waals surface area contributed by atoms with Gasteiger partial charge >= 0.3 is 0 Å². The molecule has 1 heterocycles. The molecular weight excluding hydrogens is 408 g/mol. The minimum absolute atomic E-state index is 0.0753. The summed E-state index contributed by atoms with van der Waals surface area (Å²) in [4.78, 5) is 27.2. The number of hydrogen-bond donors (Lipinski definition) is 1. The van der Waals surface area contributed by atoms with Crippen LogP contribution in [0.1, 0.15) is 29.1 Å². The zero-order valence-corrected chi connectivity index (χ0v) is 18.2. The zero-order valence-electron chi connectivity index (χ0n) is 16.6. The maximum absolute atomic E-state index is 12.7. The summed E-state index contributed by atoms with van der Waals surface area (Å²) < 4.78 is 6.63. The maximum Gasteiger partial charge on any atom is 0.266 e. The number of benzene rings is 2. The summed E-state index contributed by atoms with van der Waals surface area (Å²) in [7, 11) is 0. The van der Waals surface area contributed by atoms with E-state index in [0.717, 1.165) is 15.6 Å². The van der Waals surface area contributed by atoms with Gasteiger partial charge in [-0.2, -0.15) is 0 Å². The predicted octanol–water partition coefficient (Wildman–Crippen LogP) is 5.36. The molecule has 0 aliphatic carbocycles. The monoisotopic (exact) mass is 430 g/mol. The van der Waals surface area contributed by atoms with Crippen LogP contribution in [0.25, 0.3) is 10.1 Å². The van der Waals surface area contributed by atoms with Gasteiger partial charge in [0.1, 0.15) is 5.75 Å². The van der Waals surface area contributed by atoms with Gasteiger partial charge in [-0.1, -0.05) is 29.8 Å². The van der Waals surface area contributed by atoms with E-state index in [-0.39, 0.29) is 18.4 Å². The fourth-order valence-corrected chi connectivity index (χ4v) is 4.42. The van der Waals surface area contributed by atoms with Gasteiger partial charge in [0.15, 0.2) is 6.61 Å². The Morgan fingerprint density at radius 2 is 1.86 bits per heavy atom. The summed E-state index contributed by atoms with van der Waals surface area (Å²) >= 11 is 7.75. The lowest BCUT2D eigenvalue weighted by Gasteiger charge is -2.19. The van der Waals surface area contributed by atoms with Gasteiger partial charge in [0.2, 0.25) is 0 Å². The van der Waals surface area contributed by atoms with Crippen LogP contribution in [0, 0.1) is 6.92 Å². The zero-order chi connectivity index (χ0) is 21.0. The molecule has 0 atom stereocenters. The molecule has 1 aromatic heterocycles. The third-order valence-electron chi connectivity index (χ3n) is 4.71. The first kappa shape index (κ1) is 21.1. The number of nitrogens with zero attached hydrogens (tertiary/aromatic N) is 1. The van der Waals surface area contributed by atoms with E-state index in [4.69, 9.17) is 16.3 Å². The number of amides is 2. The Morgan fingerprint density at radius 3 is 2.52 bits per heavy atom. The lowest BCUT2D eigenvalue weighted by Crippen LogP contribution is -2.34. The number of ether oxygens (including phenoxy) is 1. The first-order chi connectivity index (χ1) is 13.9. The molecule has 3 aromatic rings. The van der Waals surface area contributed by atoms with E-state index in [0.29, 0.717) is 34.4 Å². The number of fused-ring (bicyclic) bond motifs is 1. The van der Waals surface area contributed by atoms with Crippen LogP contribution in [0.2, 0.25) is 5.02 Å². The first-order valence-electron chi connectivity index (χ1n) is 9.44. The molecule has 0 radical (unpaired) electrons. The van der Waals surface area contributed by atoms with Gasteiger partial charge in [0, 0.05) is 23.5 Å². The number of hydrogen-bond acceptors (Lipinski definition) is 4. The van der Waals surface area contributed by atoms with Crippen LogP contribution in [0.15, 0.2) is 42.5 Å². The quantitative estimate of drug-likeness (QED) is 0.548. The minimum atomic E-state index is -0.176. The molecule has 0 spiro atoms. The number of anilines is 1. The van der Waals surface area contributed by atoms with Gasteiger partial charge in [0.05, 0.1) is 9.90 Å². The van der Waals surface area contributed by atoms with Gasteiger partial charge in [-0.05, 0) is 56.0 Å². The number of likely N-dealkylation sites (N-methyl/N-ethyl adjacent to an activating group) is 1. The van der Waals surface area contributed by atoms with Crippen molar-refractivity contribution in [1.29, 1.82) is 0 Å². The first-order valence-corrected chi connectivity index (χ1v) is 10.6. The highest BCUT2D eigenvalue weighted by Crippen LogP contribution is 2.32. The molecule has 152 valence electrons. The van der Waals surface area contributed by atoms with E-state index < -0.39 is 0 Å². The predicted molar refractivity (Wildman–Crippen MR) is 119 cm³/mol. The van der Waals surface area contributed by atoms with Crippen LogP contribution in [0.4, 0.5) is 5.69 Å². The third-order valence-corrected chi connectivity index (χ3v) is 6.27. The Labute approximate surface area is 179 Å². The molecule has 2 amide bonds. The standard InChI is InChI=1S/C22H23ClN2O3S/c1-4-25(5-2)20(26)13-28-18-11-10-15(12-17(18)23)24-22(27)21-14(3)16-8-6-7-9-19(16)29-21/h6-12H,4-5,13H2,1-3H3,(H,24,27). The van der Waals surface area contributed by atoms with Crippen LogP contribution in [0.5, 0.6) is 5.75 Å². The van der Waals surface area contributed by atoms with Crippen molar-refractivity contribution in [2.24, 2.45) is 0 Å². The summed E-state index contributed by atoms with van der Waals surface area (Å²) in [6.07, 6.45) is 0. The van der Waals surface area contributed by atoms with Crippen LogP contribution >= 0.6 is 22.9 Å². The summed E-state index contributed by atoms with van der Waals surface area (Å²) in [5.41, 5.74) is 1.53. The second-order valence-electron chi connectivity index (χ2n) is 6.51. The summed E-state index contributed by atoms with van der Waals surface area (Å²) in [5, 5.41) is 4.31. The molecule has 5 nitrogen and oxygen atoms in total. The van der Waals surface area contributed by atoms with Crippen LogP contribution in [-0.4, -0.2) is 36.4 Å². The molecule has 0 bridgehead atoms. The highest BCUT2D eigenvalue weighted by atomic mass is 35.5. The molecule has 2 aromatic carbocycles. The van der Waals surface area contributed by atoms with Crippen molar-refractivity contribution in [3.8, 4) is 5.75 Å². The summed E-state index contributed by atoms with van der Waals surface area (Å²) in [5.74, 6) is 0.136. The highest BCUT2D eigenvalue weighted by Gasteiger charge is 2.16. The van der Waals surface area contributed by atoms with E-state index in [9.17, 15) is 9.59 Å². The molecule has 0 aliphatic rings. The maximum atomic E-state index is 12.7. The number of carbonyl (C=O) groups is 2. The number of thiophene rings is 1. The van der Waals surface area contributed by atoms with E-state index in [1.165, 1.54) is 11.3 Å². The number of carbonyl (C=O) groups excluding carboxylic acids is 2. The van der Waals surface area contributed by atoms with Gasteiger partial charge in [-0.25, -0.2) is 0 Å². The lowest BCUT2D eigenvalue weighted by atomic mass is 10.1. The van der Waals surface area contributed by atoms with Crippen molar-refractivity contribution in [1.82, 2.24) is 4.90 Å². The second-order valence-corrected chi connectivity index (χ2v) is 7.97. The number of rotatable bonds is 7. The molecule has 0 aliphatic heterocycles. The largest absolute Gasteiger partial charge is 0.482 e. The van der Waals surface area contributed by atoms with E-state index in [2.05, 4.69) is 5.32 Å². The SMILES string of the molecule is CCN(CC)C(=O)COc1ccc(NC(=O)c2sc3ccccc3c2C)cc1Cl. The average Bonchev–Trinajstić information content (AvgIpc) is 3.05. The topological polar surface area (TPSA) is 58.6 Å². The van der Waals surface area contributed by atoms with Crippen molar-refractivity contribution in [3.63, 3.8) is 0 Å². The Hall–Kier alpha value is -2.57. The molecule has 0 saturated carbocycles. The molecule has 0 saturated heterocycles. The molecule has 29 heavy (non-hydrogen) atoms.